The minimum atomic E-state index is -1.64. The minimum Gasteiger partial charge on any atom is -0.508 e. The standard InChI is InChI=1S/C47H63BrN8O11/c1-28(2)40(55-45(65)37(25-29-11-7-6-8-12-29)52-42(62)31-16-18-32(48)19-17-31)47(67)53-36(26-30-14-20-33(58)21-15-30)44(64)51-35(13-9-10-24-56(3,4)5)43(63)54-38(27-57)46(66)50-34(41(49)61)22-23-39(59)60/h6-8,11-12,14-21,28,34-38,40,57H,9-10,13,22-27H2,1-5H3,(H9-,49,50,51,52,53,54,55,58,59,60,61,62,63,64,65,66,67)/p+1. The summed E-state index contributed by atoms with van der Waals surface area (Å²) in [6.45, 7) is 3.14. The molecule has 0 bridgehead atoms. The van der Waals surface area contributed by atoms with Crippen molar-refractivity contribution in [3.05, 3.63) is 100 Å². The highest BCUT2D eigenvalue weighted by molar-refractivity contribution is 9.10. The second-order valence-corrected chi connectivity index (χ2v) is 18.5. The number of benzene rings is 3. The highest BCUT2D eigenvalue weighted by Crippen LogP contribution is 2.15. The Hall–Kier alpha value is -6.38. The molecule has 6 unspecified atom stereocenters. The largest absolute Gasteiger partial charge is 0.508 e. The number of halogens is 1. The van der Waals surface area contributed by atoms with Crippen LogP contribution in [-0.4, -0.2) is 138 Å². The molecule has 364 valence electrons. The third-order valence-corrected chi connectivity index (χ3v) is 11.1. The van der Waals surface area contributed by atoms with E-state index in [0.29, 0.717) is 35.0 Å². The predicted molar refractivity (Wildman–Crippen MR) is 252 cm³/mol. The van der Waals surface area contributed by atoms with Crippen molar-refractivity contribution >= 4 is 63.2 Å². The van der Waals surface area contributed by atoms with Crippen LogP contribution in [0.1, 0.15) is 67.4 Å². The van der Waals surface area contributed by atoms with E-state index in [1.54, 1.807) is 74.5 Å². The fourth-order valence-electron chi connectivity index (χ4n) is 6.80. The van der Waals surface area contributed by atoms with Crippen molar-refractivity contribution in [2.45, 2.75) is 95.0 Å². The van der Waals surface area contributed by atoms with Gasteiger partial charge in [0.15, 0.2) is 0 Å². The lowest BCUT2D eigenvalue weighted by Crippen LogP contribution is -2.61. The molecule has 0 aliphatic heterocycles. The third kappa shape index (κ3) is 19.6. The maximum Gasteiger partial charge on any atom is 0.303 e. The number of primary amides is 1. The Morgan fingerprint density at radius 2 is 1.12 bits per heavy atom. The number of hydrogen-bond acceptors (Lipinski definition) is 10. The van der Waals surface area contributed by atoms with E-state index in [1.165, 1.54) is 12.1 Å². The number of quaternary nitrogens is 1. The summed E-state index contributed by atoms with van der Waals surface area (Å²) >= 11 is 3.35. The van der Waals surface area contributed by atoms with E-state index in [1.807, 2.05) is 27.2 Å². The summed E-state index contributed by atoms with van der Waals surface area (Å²) in [5.41, 5.74) is 6.91. The molecular formula is C47H64BrN8O11+. The Labute approximate surface area is 398 Å². The number of phenolic OH excluding ortho intramolecular Hbond substituents is 1. The van der Waals surface area contributed by atoms with Crippen LogP contribution in [0, 0.1) is 5.92 Å². The molecule has 0 spiro atoms. The zero-order chi connectivity index (χ0) is 49.8. The van der Waals surface area contributed by atoms with Crippen molar-refractivity contribution in [3.8, 4) is 5.75 Å². The zero-order valence-electron chi connectivity index (χ0n) is 38.4. The van der Waals surface area contributed by atoms with Gasteiger partial charge in [0.25, 0.3) is 5.91 Å². The van der Waals surface area contributed by atoms with Gasteiger partial charge in [-0.2, -0.15) is 0 Å². The lowest BCUT2D eigenvalue weighted by molar-refractivity contribution is -0.870. The molecule has 0 fully saturated rings. The number of carboxylic acid groups (broad SMARTS) is 1. The summed E-state index contributed by atoms with van der Waals surface area (Å²) in [5.74, 6) is -7.54. The fraction of sp³-hybridized carbons (Fsp3) is 0.447. The van der Waals surface area contributed by atoms with Crippen LogP contribution in [0.3, 0.4) is 0 Å². The summed E-state index contributed by atoms with van der Waals surface area (Å²) in [4.78, 5) is 106. The number of carbonyl (C=O) groups is 8. The summed E-state index contributed by atoms with van der Waals surface area (Å²) in [6.07, 6.45) is 0.189. The molecule has 19 nitrogen and oxygen atoms in total. The molecule has 0 aromatic heterocycles. The second-order valence-electron chi connectivity index (χ2n) is 17.6. The summed E-state index contributed by atoms with van der Waals surface area (Å²) in [7, 11) is 5.96. The monoisotopic (exact) mass is 995 g/mol. The van der Waals surface area contributed by atoms with Gasteiger partial charge in [-0.05, 0) is 79.1 Å². The van der Waals surface area contributed by atoms with Crippen LogP contribution in [0.25, 0.3) is 0 Å². The Bertz CT molecular complexity index is 2150. The van der Waals surface area contributed by atoms with Crippen LogP contribution in [0.4, 0.5) is 0 Å². The molecule has 3 aromatic rings. The lowest BCUT2D eigenvalue weighted by Gasteiger charge is -2.29. The number of nitrogens with two attached hydrogens (primary N) is 1. The summed E-state index contributed by atoms with van der Waals surface area (Å²) in [5, 5.41) is 44.8. The Kier molecular flexibility index (Phi) is 21.9. The van der Waals surface area contributed by atoms with Crippen molar-refractivity contribution in [1.82, 2.24) is 31.9 Å². The first-order valence-corrected chi connectivity index (χ1v) is 22.7. The van der Waals surface area contributed by atoms with Crippen LogP contribution in [0.2, 0.25) is 0 Å². The van der Waals surface area contributed by atoms with Gasteiger partial charge in [-0.3, -0.25) is 38.4 Å². The normalized spacial score (nSPS) is 14.0. The van der Waals surface area contributed by atoms with E-state index >= 15 is 0 Å². The van der Waals surface area contributed by atoms with Crippen molar-refractivity contribution in [1.29, 1.82) is 0 Å². The number of rotatable bonds is 27. The third-order valence-electron chi connectivity index (χ3n) is 10.6. The molecule has 3 rings (SSSR count). The molecule has 0 saturated carbocycles. The van der Waals surface area contributed by atoms with Gasteiger partial charge in [0.1, 0.15) is 42.0 Å². The van der Waals surface area contributed by atoms with E-state index < -0.39 is 103 Å². The molecule has 11 N–H and O–H groups in total. The van der Waals surface area contributed by atoms with E-state index in [-0.39, 0.29) is 31.4 Å². The van der Waals surface area contributed by atoms with Gasteiger partial charge in [-0.15, -0.1) is 0 Å². The first-order valence-electron chi connectivity index (χ1n) is 21.9. The molecular weight excluding hydrogens is 932 g/mol. The number of aromatic hydroxyl groups is 1. The number of carbonyl (C=O) groups excluding carboxylic acids is 7. The maximum atomic E-state index is 14.4. The molecule has 7 amide bonds. The van der Waals surface area contributed by atoms with Crippen LogP contribution in [0.15, 0.2) is 83.3 Å². The Morgan fingerprint density at radius 3 is 1.67 bits per heavy atom. The van der Waals surface area contributed by atoms with Crippen molar-refractivity contribution in [3.63, 3.8) is 0 Å². The molecule has 0 aliphatic rings. The first kappa shape index (κ1) is 55.0. The molecule has 0 heterocycles. The topological polar surface area (TPSA) is 295 Å². The first-order chi connectivity index (χ1) is 31.6. The lowest BCUT2D eigenvalue weighted by atomic mass is 9.99. The molecule has 6 atom stereocenters. The zero-order valence-corrected chi connectivity index (χ0v) is 40.0. The summed E-state index contributed by atoms with van der Waals surface area (Å²) in [6, 6.07) is 13.3. The minimum absolute atomic E-state index is 0.0502. The number of carboxylic acids is 1. The molecule has 20 heteroatoms. The highest BCUT2D eigenvalue weighted by Gasteiger charge is 2.34. The molecule has 0 radical (unpaired) electrons. The van der Waals surface area contributed by atoms with Gasteiger partial charge in [0.05, 0.1) is 34.3 Å². The second kappa shape index (κ2) is 26.7. The molecule has 3 aromatic carbocycles. The Morgan fingerprint density at radius 1 is 0.612 bits per heavy atom. The fourth-order valence-corrected chi connectivity index (χ4v) is 7.06. The SMILES string of the molecule is CC(C)C(NC(=O)C(Cc1ccccc1)NC(=O)c1ccc(Br)cc1)C(=O)NC(Cc1ccc(O)cc1)C(=O)NC(CCCC[N+](C)(C)C)C(=O)NC(CO)C(=O)NC(CCC(=O)O)C(N)=O. The van der Waals surface area contributed by atoms with Gasteiger partial charge in [0, 0.05) is 29.3 Å². The number of amides is 7. The number of aliphatic carboxylic acids is 1. The predicted octanol–water partition coefficient (Wildman–Crippen LogP) is 1.04. The number of nitrogens with zero attached hydrogens (tertiary/aromatic N) is 1. The number of nitrogens with one attached hydrogen (secondary N) is 6. The number of aliphatic hydroxyl groups is 1. The van der Waals surface area contributed by atoms with Gasteiger partial charge in [-0.25, -0.2) is 0 Å². The van der Waals surface area contributed by atoms with Gasteiger partial charge >= 0.3 is 5.97 Å². The smallest absolute Gasteiger partial charge is 0.303 e. The van der Waals surface area contributed by atoms with Gasteiger partial charge in [-0.1, -0.05) is 72.2 Å². The number of hydrogen-bond donors (Lipinski definition) is 10. The quantitative estimate of drug-likeness (QED) is 0.0380. The highest BCUT2D eigenvalue weighted by atomic mass is 79.9. The van der Waals surface area contributed by atoms with Crippen LogP contribution >= 0.6 is 15.9 Å². The van der Waals surface area contributed by atoms with Crippen LogP contribution in [0.5, 0.6) is 5.75 Å². The Balaban J connectivity index is 1.92. The van der Waals surface area contributed by atoms with E-state index in [4.69, 9.17) is 10.8 Å². The summed E-state index contributed by atoms with van der Waals surface area (Å²) < 4.78 is 1.36. The van der Waals surface area contributed by atoms with E-state index in [0.717, 1.165) is 10.0 Å². The maximum absolute atomic E-state index is 14.4. The van der Waals surface area contributed by atoms with Crippen LogP contribution < -0.4 is 37.6 Å². The van der Waals surface area contributed by atoms with E-state index in [2.05, 4.69) is 47.8 Å². The van der Waals surface area contributed by atoms with Crippen molar-refractivity contribution < 1.29 is 58.2 Å². The average molecular weight is 997 g/mol. The van der Waals surface area contributed by atoms with Gasteiger partial charge in [0.2, 0.25) is 35.4 Å². The average Bonchev–Trinajstić information content (AvgIpc) is 3.26. The molecule has 0 aliphatic carbocycles. The number of unbranched alkanes of at least 4 members (excludes halogenated alkanes) is 1. The van der Waals surface area contributed by atoms with E-state index in [9.17, 15) is 48.6 Å². The van der Waals surface area contributed by atoms with Crippen LogP contribution in [-0.2, 0) is 46.4 Å². The van der Waals surface area contributed by atoms with Crippen molar-refractivity contribution in [2.75, 3.05) is 34.3 Å². The van der Waals surface area contributed by atoms with Gasteiger partial charge < -0.3 is 57.4 Å². The number of phenols is 1. The van der Waals surface area contributed by atoms with Crippen molar-refractivity contribution in [2.24, 2.45) is 11.7 Å². The number of aliphatic hydroxyl groups excluding tert-OH is 1. The molecule has 67 heavy (non-hydrogen) atoms. The molecule has 0 saturated heterocycles.